The fourth-order valence-electron chi connectivity index (χ4n) is 2.87. The normalized spacial score (nSPS) is 16.0. The van der Waals surface area contributed by atoms with Crippen molar-refractivity contribution < 1.29 is 5.11 Å². The van der Waals surface area contributed by atoms with Gasteiger partial charge >= 0.3 is 0 Å². The Hall–Kier alpha value is -2.14. The van der Waals surface area contributed by atoms with E-state index in [4.69, 9.17) is 5.73 Å². The van der Waals surface area contributed by atoms with E-state index in [1.165, 1.54) is 0 Å². The molecule has 116 valence electrons. The SMILES string of the molecule is CCc1nc(-c2ccccc2O)ncc1N1CCC(N)CC1. The summed E-state index contributed by atoms with van der Waals surface area (Å²) in [6, 6.07) is 7.48. The molecule has 1 aromatic carbocycles. The Kier molecular flexibility index (Phi) is 4.24. The lowest BCUT2D eigenvalue weighted by Crippen LogP contribution is -2.40. The number of hydrogen-bond acceptors (Lipinski definition) is 5. The van der Waals surface area contributed by atoms with Gasteiger partial charge in [-0.15, -0.1) is 0 Å². The van der Waals surface area contributed by atoms with Crippen LogP contribution >= 0.6 is 0 Å². The second-order valence-electron chi connectivity index (χ2n) is 5.72. The van der Waals surface area contributed by atoms with E-state index in [9.17, 15) is 5.11 Å². The quantitative estimate of drug-likeness (QED) is 0.909. The van der Waals surface area contributed by atoms with Crippen LogP contribution in [0.15, 0.2) is 30.5 Å². The van der Waals surface area contributed by atoms with Crippen molar-refractivity contribution in [3.05, 3.63) is 36.2 Å². The van der Waals surface area contributed by atoms with Crippen molar-refractivity contribution >= 4 is 5.69 Å². The van der Waals surface area contributed by atoms with Gasteiger partial charge in [0.25, 0.3) is 0 Å². The molecule has 0 amide bonds. The van der Waals surface area contributed by atoms with Gasteiger partial charge in [-0.05, 0) is 31.4 Å². The molecule has 1 saturated heterocycles. The maximum absolute atomic E-state index is 9.97. The molecule has 1 fully saturated rings. The van der Waals surface area contributed by atoms with E-state index in [0.29, 0.717) is 17.4 Å². The van der Waals surface area contributed by atoms with Crippen LogP contribution in [0.2, 0.25) is 0 Å². The van der Waals surface area contributed by atoms with Gasteiger partial charge in [0.15, 0.2) is 5.82 Å². The highest BCUT2D eigenvalue weighted by Gasteiger charge is 2.20. The zero-order chi connectivity index (χ0) is 15.5. The first-order valence-electron chi connectivity index (χ1n) is 7.84. The summed E-state index contributed by atoms with van der Waals surface area (Å²) < 4.78 is 0. The Morgan fingerprint density at radius 3 is 2.68 bits per heavy atom. The van der Waals surface area contributed by atoms with Crippen LogP contribution in [-0.2, 0) is 6.42 Å². The first kappa shape index (κ1) is 14.8. The summed E-state index contributed by atoms with van der Waals surface area (Å²) >= 11 is 0. The molecule has 1 aliphatic rings. The fraction of sp³-hybridized carbons (Fsp3) is 0.412. The molecule has 0 unspecified atom stereocenters. The van der Waals surface area contributed by atoms with Gasteiger partial charge in [-0.25, -0.2) is 9.97 Å². The van der Waals surface area contributed by atoms with Crippen molar-refractivity contribution in [1.82, 2.24) is 9.97 Å². The highest BCUT2D eigenvalue weighted by atomic mass is 16.3. The Labute approximate surface area is 130 Å². The third kappa shape index (κ3) is 2.90. The number of rotatable bonds is 3. The summed E-state index contributed by atoms with van der Waals surface area (Å²) in [4.78, 5) is 11.5. The number of aromatic nitrogens is 2. The predicted octanol–water partition coefficient (Wildman–Crippen LogP) is 2.34. The van der Waals surface area contributed by atoms with Crippen LogP contribution in [0.4, 0.5) is 5.69 Å². The summed E-state index contributed by atoms with van der Waals surface area (Å²) in [6.07, 6.45) is 4.72. The van der Waals surface area contributed by atoms with Crippen LogP contribution in [0.25, 0.3) is 11.4 Å². The molecule has 0 bridgehead atoms. The van der Waals surface area contributed by atoms with Crippen LogP contribution in [0, 0.1) is 0 Å². The van der Waals surface area contributed by atoms with Crippen LogP contribution in [0.3, 0.4) is 0 Å². The van der Waals surface area contributed by atoms with E-state index in [-0.39, 0.29) is 5.75 Å². The second-order valence-corrected chi connectivity index (χ2v) is 5.72. The standard InChI is InChI=1S/C17H22N4O/c1-2-14-15(21-9-7-12(18)8-10-21)11-19-17(20-14)13-5-3-4-6-16(13)22/h3-6,11-12,22H,2,7-10,18H2,1H3. The van der Waals surface area contributed by atoms with Crippen molar-refractivity contribution in [2.45, 2.75) is 32.2 Å². The van der Waals surface area contributed by atoms with Crippen molar-refractivity contribution in [1.29, 1.82) is 0 Å². The predicted molar refractivity (Wildman–Crippen MR) is 87.9 cm³/mol. The molecule has 0 saturated carbocycles. The van der Waals surface area contributed by atoms with Crippen LogP contribution < -0.4 is 10.6 Å². The molecule has 5 nitrogen and oxygen atoms in total. The number of hydrogen-bond donors (Lipinski definition) is 2. The zero-order valence-electron chi connectivity index (χ0n) is 12.9. The van der Waals surface area contributed by atoms with E-state index in [1.54, 1.807) is 12.1 Å². The average Bonchev–Trinajstić information content (AvgIpc) is 2.55. The second kappa shape index (κ2) is 6.32. The van der Waals surface area contributed by atoms with E-state index in [2.05, 4.69) is 21.8 Å². The van der Waals surface area contributed by atoms with Gasteiger partial charge in [-0.1, -0.05) is 19.1 Å². The third-order valence-corrected chi connectivity index (χ3v) is 4.21. The summed E-state index contributed by atoms with van der Waals surface area (Å²) in [5, 5.41) is 9.97. The molecule has 22 heavy (non-hydrogen) atoms. The molecule has 0 radical (unpaired) electrons. The fourth-order valence-corrected chi connectivity index (χ4v) is 2.87. The number of nitrogens with zero attached hydrogens (tertiary/aromatic N) is 3. The highest BCUT2D eigenvalue weighted by molar-refractivity contribution is 5.65. The molecule has 5 heteroatoms. The third-order valence-electron chi connectivity index (χ3n) is 4.21. The number of phenolic OH excluding ortho intramolecular Hbond substituents is 1. The number of aryl methyl sites for hydroxylation is 1. The number of para-hydroxylation sites is 1. The van der Waals surface area contributed by atoms with Crippen LogP contribution in [-0.4, -0.2) is 34.2 Å². The van der Waals surface area contributed by atoms with E-state index in [0.717, 1.165) is 43.7 Å². The molecule has 3 rings (SSSR count). The lowest BCUT2D eigenvalue weighted by molar-refractivity contribution is 0.477. The topological polar surface area (TPSA) is 75.3 Å². The molecule has 0 atom stereocenters. The smallest absolute Gasteiger partial charge is 0.163 e. The van der Waals surface area contributed by atoms with Gasteiger partial charge in [0.05, 0.1) is 23.1 Å². The molecule has 2 aromatic rings. The average molecular weight is 298 g/mol. The van der Waals surface area contributed by atoms with Gasteiger partial charge in [0, 0.05) is 19.1 Å². The minimum Gasteiger partial charge on any atom is -0.507 e. The van der Waals surface area contributed by atoms with E-state index < -0.39 is 0 Å². The molecule has 3 N–H and O–H groups in total. The Morgan fingerprint density at radius 1 is 1.27 bits per heavy atom. The maximum Gasteiger partial charge on any atom is 0.163 e. The molecule has 1 aromatic heterocycles. The lowest BCUT2D eigenvalue weighted by Gasteiger charge is -2.32. The van der Waals surface area contributed by atoms with Gasteiger partial charge in [0.2, 0.25) is 0 Å². The van der Waals surface area contributed by atoms with Gasteiger partial charge in [-0.3, -0.25) is 0 Å². The van der Waals surface area contributed by atoms with Crippen molar-refractivity contribution in [2.75, 3.05) is 18.0 Å². The van der Waals surface area contributed by atoms with Crippen molar-refractivity contribution in [2.24, 2.45) is 5.73 Å². The van der Waals surface area contributed by atoms with Gasteiger partial charge < -0.3 is 15.7 Å². The summed E-state index contributed by atoms with van der Waals surface area (Å²) in [5.74, 6) is 0.786. The van der Waals surface area contributed by atoms with Crippen LogP contribution in [0.5, 0.6) is 5.75 Å². The largest absolute Gasteiger partial charge is 0.507 e. The molecule has 0 spiro atoms. The first-order chi connectivity index (χ1) is 10.7. The van der Waals surface area contributed by atoms with E-state index >= 15 is 0 Å². The minimum atomic E-state index is 0.209. The summed E-state index contributed by atoms with van der Waals surface area (Å²) in [7, 11) is 0. The molecular formula is C17H22N4O. The highest BCUT2D eigenvalue weighted by Crippen LogP contribution is 2.29. The molecule has 1 aliphatic heterocycles. The van der Waals surface area contributed by atoms with Crippen molar-refractivity contribution in [3.63, 3.8) is 0 Å². The lowest BCUT2D eigenvalue weighted by atomic mass is 10.1. The van der Waals surface area contributed by atoms with E-state index in [1.807, 2.05) is 18.3 Å². The number of benzene rings is 1. The molecule has 2 heterocycles. The summed E-state index contributed by atoms with van der Waals surface area (Å²) in [6.45, 7) is 4.00. The number of anilines is 1. The van der Waals surface area contributed by atoms with Gasteiger partial charge in [0.1, 0.15) is 5.75 Å². The Morgan fingerprint density at radius 2 is 2.00 bits per heavy atom. The number of phenols is 1. The number of piperidine rings is 1. The maximum atomic E-state index is 9.97. The number of nitrogens with two attached hydrogens (primary N) is 1. The molecule has 0 aliphatic carbocycles. The first-order valence-corrected chi connectivity index (χ1v) is 7.84. The Balaban J connectivity index is 1.93. The van der Waals surface area contributed by atoms with Gasteiger partial charge in [-0.2, -0.15) is 0 Å². The molecular weight excluding hydrogens is 276 g/mol. The monoisotopic (exact) mass is 298 g/mol. The van der Waals surface area contributed by atoms with Crippen LogP contribution in [0.1, 0.15) is 25.5 Å². The van der Waals surface area contributed by atoms with Crippen molar-refractivity contribution in [3.8, 4) is 17.1 Å². The Bertz CT molecular complexity index is 651. The summed E-state index contributed by atoms with van der Waals surface area (Å²) in [5.41, 5.74) is 8.76. The minimum absolute atomic E-state index is 0.209. The zero-order valence-corrected chi connectivity index (χ0v) is 12.9. The number of aromatic hydroxyl groups is 1.